The van der Waals surface area contributed by atoms with Crippen LogP contribution in [0.4, 0.5) is 11.6 Å². The number of primary amides is 1. The third-order valence-electron chi connectivity index (χ3n) is 3.00. The smallest absolute Gasteiger partial charge is 0.239 e. The average Bonchev–Trinajstić information content (AvgIpc) is 2.39. The van der Waals surface area contributed by atoms with Crippen molar-refractivity contribution in [1.29, 1.82) is 0 Å². The number of nitrogens with zero attached hydrogens (tertiary/aromatic N) is 2. The highest BCUT2D eigenvalue weighted by Gasteiger charge is 2.16. The van der Waals surface area contributed by atoms with Crippen molar-refractivity contribution in [3.63, 3.8) is 0 Å². The summed E-state index contributed by atoms with van der Waals surface area (Å²) >= 11 is 0. The van der Waals surface area contributed by atoms with Crippen LogP contribution in [-0.4, -0.2) is 28.5 Å². The van der Waals surface area contributed by atoms with Gasteiger partial charge < -0.3 is 16.4 Å². The van der Waals surface area contributed by atoms with Gasteiger partial charge in [-0.25, -0.2) is 9.97 Å². The van der Waals surface area contributed by atoms with Gasteiger partial charge in [0, 0.05) is 18.0 Å². The van der Waals surface area contributed by atoms with E-state index in [1.165, 1.54) is 0 Å². The van der Waals surface area contributed by atoms with E-state index in [9.17, 15) is 4.79 Å². The molecule has 0 fully saturated rings. The maximum absolute atomic E-state index is 11.2. The number of hydrogen-bond acceptors (Lipinski definition) is 5. The second-order valence-corrected chi connectivity index (χ2v) is 5.25. The molecule has 0 spiro atoms. The van der Waals surface area contributed by atoms with Gasteiger partial charge in [-0.15, -0.1) is 0 Å². The van der Waals surface area contributed by atoms with Crippen molar-refractivity contribution in [3.05, 3.63) is 11.4 Å². The van der Waals surface area contributed by atoms with Crippen LogP contribution in [0.15, 0.2) is 0 Å². The van der Waals surface area contributed by atoms with E-state index in [1.807, 2.05) is 20.8 Å². The van der Waals surface area contributed by atoms with Gasteiger partial charge in [0.2, 0.25) is 5.91 Å². The van der Waals surface area contributed by atoms with Crippen molar-refractivity contribution in [1.82, 2.24) is 9.97 Å². The number of nitrogens with one attached hydrogen (secondary N) is 2. The predicted molar refractivity (Wildman–Crippen MR) is 81.9 cm³/mol. The monoisotopic (exact) mass is 279 g/mol. The summed E-state index contributed by atoms with van der Waals surface area (Å²) in [4.78, 5) is 20.2. The summed E-state index contributed by atoms with van der Waals surface area (Å²) in [5.41, 5.74) is 6.19. The molecule has 1 heterocycles. The Morgan fingerprint density at radius 2 is 1.85 bits per heavy atom. The van der Waals surface area contributed by atoms with Crippen LogP contribution in [0.1, 0.15) is 51.4 Å². The fraction of sp³-hybridized carbons (Fsp3) is 0.643. The van der Waals surface area contributed by atoms with Gasteiger partial charge in [-0.2, -0.15) is 0 Å². The van der Waals surface area contributed by atoms with E-state index in [0.717, 1.165) is 30.2 Å². The standard InChI is InChI=1S/C14H25N5O/c1-6-7-16-13-9(4)14(17-10(5)11(15)20)19-12(18-13)8(2)3/h8,10H,6-7H2,1-5H3,(H2,15,20)(H2,16,17,18,19). The lowest BCUT2D eigenvalue weighted by Crippen LogP contribution is -2.33. The third-order valence-corrected chi connectivity index (χ3v) is 3.00. The molecule has 0 aliphatic heterocycles. The number of aromatic nitrogens is 2. The summed E-state index contributed by atoms with van der Waals surface area (Å²) < 4.78 is 0. The van der Waals surface area contributed by atoms with Gasteiger partial charge in [-0.3, -0.25) is 4.79 Å². The highest BCUT2D eigenvalue weighted by atomic mass is 16.1. The second kappa shape index (κ2) is 7.07. The van der Waals surface area contributed by atoms with Crippen LogP contribution < -0.4 is 16.4 Å². The van der Waals surface area contributed by atoms with Gasteiger partial charge in [0.1, 0.15) is 23.5 Å². The fourth-order valence-electron chi connectivity index (χ4n) is 1.62. The lowest BCUT2D eigenvalue weighted by atomic mass is 10.2. The van der Waals surface area contributed by atoms with Crippen LogP contribution in [0, 0.1) is 6.92 Å². The Bertz CT molecular complexity index is 473. The maximum Gasteiger partial charge on any atom is 0.239 e. The van der Waals surface area contributed by atoms with Crippen LogP contribution in [0.5, 0.6) is 0 Å². The molecule has 0 saturated carbocycles. The molecule has 0 aliphatic carbocycles. The van der Waals surface area contributed by atoms with Gasteiger partial charge in [-0.1, -0.05) is 20.8 Å². The molecule has 0 bridgehead atoms. The topological polar surface area (TPSA) is 92.9 Å². The van der Waals surface area contributed by atoms with Crippen LogP contribution in [0.3, 0.4) is 0 Å². The normalized spacial score (nSPS) is 12.3. The van der Waals surface area contributed by atoms with E-state index in [2.05, 4.69) is 27.5 Å². The summed E-state index contributed by atoms with van der Waals surface area (Å²) in [6.07, 6.45) is 1.01. The molecule has 6 heteroatoms. The van der Waals surface area contributed by atoms with Crippen molar-refractivity contribution >= 4 is 17.5 Å². The molecule has 112 valence electrons. The molecule has 4 N–H and O–H groups in total. The molecular formula is C14H25N5O. The molecule has 20 heavy (non-hydrogen) atoms. The summed E-state index contributed by atoms with van der Waals surface area (Å²) in [6, 6.07) is -0.470. The third kappa shape index (κ3) is 4.08. The van der Waals surface area contributed by atoms with E-state index in [-0.39, 0.29) is 5.92 Å². The number of nitrogens with two attached hydrogens (primary N) is 1. The van der Waals surface area contributed by atoms with Gasteiger partial charge in [0.25, 0.3) is 0 Å². The van der Waals surface area contributed by atoms with Crippen LogP contribution in [0.25, 0.3) is 0 Å². The van der Waals surface area contributed by atoms with Crippen molar-refractivity contribution in [3.8, 4) is 0 Å². The number of rotatable bonds is 7. The summed E-state index contributed by atoms with van der Waals surface area (Å²) in [5, 5.41) is 6.35. The Kier molecular flexibility index (Phi) is 5.73. The van der Waals surface area contributed by atoms with E-state index in [0.29, 0.717) is 5.82 Å². The molecule has 0 aliphatic rings. The Morgan fingerprint density at radius 3 is 2.35 bits per heavy atom. The Morgan fingerprint density at radius 1 is 1.25 bits per heavy atom. The molecule has 1 atom stereocenters. The molecule has 0 aromatic carbocycles. The number of carbonyl (C=O) groups excluding carboxylic acids is 1. The molecule has 6 nitrogen and oxygen atoms in total. The zero-order valence-corrected chi connectivity index (χ0v) is 12.9. The molecule has 1 rings (SSSR count). The molecule has 1 amide bonds. The van der Waals surface area contributed by atoms with E-state index < -0.39 is 11.9 Å². The van der Waals surface area contributed by atoms with Gasteiger partial charge in [-0.05, 0) is 20.3 Å². The molecule has 0 radical (unpaired) electrons. The Balaban J connectivity index is 3.13. The molecule has 1 aromatic heterocycles. The van der Waals surface area contributed by atoms with Gasteiger partial charge >= 0.3 is 0 Å². The molecule has 1 unspecified atom stereocenters. The Hall–Kier alpha value is -1.85. The zero-order chi connectivity index (χ0) is 15.3. The predicted octanol–water partition coefficient (Wildman–Crippen LogP) is 2.02. The van der Waals surface area contributed by atoms with Crippen LogP contribution in [0.2, 0.25) is 0 Å². The van der Waals surface area contributed by atoms with Crippen molar-refractivity contribution in [2.75, 3.05) is 17.2 Å². The molecule has 0 saturated heterocycles. The first-order valence-electron chi connectivity index (χ1n) is 7.05. The minimum Gasteiger partial charge on any atom is -0.370 e. The van der Waals surface area contributed by atoms with Crippen molar-refractivity contribution in [2.45, 2.75) is 53.0 Å². The number of anilines is 2. The minimum atomic E-state index is -0.470. The molecular weight excluding hydrogens is 254 g/mol. The van der Waals surface area contributed by atoms with E-state index >= 15 is 0 Å². The maximum atomic E-state index is 11.2. The first-order chi connectivity index (χ1) is 9.36. The summed E-state index contributed by atoms with van der Waals surface area (Å²) in [6.45, 7) is 10.7. The largest absolute Gasteiger partial charge is 0.370 e. The van der Waals surface area contributed by atoms with Crippen molar-refractivity contribution < 1.29 is 4.79 Å². The van der Waals surface area contributed by atoms with E-state index in [1.54, 1.807) is 6.92 Å². The average molecular weight is 279 g/mol. The first-order valence-corrected chi connectivity index (χ1v) is 7.05. The second-order valence-electron chi connectivity index (χ2n) is 5.25. The van der Waals surface area contributed by atoms with Crippen molar-refractivity contribution in [2.24, 2.45) is 5.73 Å². The van der Waals surface area contributed by atoms with Gasteiger partial charge in [0.05, 0.1) is 0 Å². The van der Waals surface area contributed by atoms with Crippen LogP contribution in [-0.2, 0) is 4.79 Å². The van der Waals surface area contributed by atoms with Crippen LogP contribution >= 0.6 is 0 Å². The fourth-order valence-corrected chi connectivity index (χ4v) is 1.62. The summed E-state index contributed by atoms with van der Waals surface area (Å²) in [7, 11) is 0. The van der Waals surface area contributed by atoms with Gasteiger partial charge in [0.15, 0.2) is 0 Å². The number of carbonyl (C=O) groups is 1. The lowest BCUT2D eigenvalue weighted by molar-refractivity contribution is -0.118. The number of amides is 1. The molecule has 1 aromatic rings. The minimum absolute atomic E-state index is 0.210. The number of hydrogen-bond donors (Lipinski definition) is 3. The quantitative estimate of drug-likeness (QED) is 0.710. The van der Waals surface area contributed by atoms with E-state index in [4.69, 9.17) is 5.73 Å². The highest BCUT2D eigenvalue weighted by molar-refractivity contribution is 5.82. The first kappa shape index (κ1) is 16.2. The SMILES string of the molecule is CCCNc1nc(C(C)C)nc(NC(C)C(N)=O)c1C. The lowest BCUT2D eigenvalue weighted by Gasteiger charge is -2.18. The summed E-state index contributed by atoms with van der Waals surface area (Å²) in [5.74, 6) is 2.02. The Labute approximate surface area is 120 Å². The zero-order valence-electron chi connectivity index (χ0n) is 12.9. The highest BCUT2D eigenvalue weighted by Crippen LogP contribution is 2.23.